The third kappa shape index (κ3) is 2.00. The molecule has 0 saturated carbocycles. The second kappa shape index (κ2) is 4.35. The van der Waals surface area contributed by atoms with Crippen molar-refractivity contribution in [1.82, 2.24) is 15.5 Å². The van der Waals surface area contributed by atoms with Crippen LogP contribution in [0.2, 0.25) is 0 Å². The molecule has 0 aromatic heterocycles. The first kappa shape index (κ1) is 12.2. The summed E-state index contributed by atoms with van der Waals surface area (Å²) in [5.41, 5.74) is 1.40. The number of nitrogens with zero attached hydrogens (tertiary/aromatic N) is 1. The first-order valence-electron chi connectivity index (χ1n) is 6.51. The van der Waals surface area contributed by atoms with Gasteiger partial charge in [0, 0.05) is 6.54 Å². The molecular formula is C14H17N3O2. The van der Waals surface area contributed by atoms with Gasteiger partial charge >= 0.3 is 6.03 Å². The lowest BCUT2D eigenvalue weighted by Gasteiger charge is -2.19. The number of hydrogen-bond donors (Lipinski definition) is 2. The van der Waals surface area contributed by atoms with Gasteiger partial charge < -0.3 is 10.6 Å². The van der Waals surface area contributed by atoms with Gasteiger partial charge in [-0.1, -0.05) is 29.8 Å². The van der Waals surface area contributed by atoms with Crippen molar-refractivity contribution in [3.05, 3.63) is 35.4 Å². The Morgan fingerprint density at radius 3 is 2.89 bits per heavy atom. The smallest absolute Gasteiger partial charge is 0.322 e. The fraction of sp³-hybridized carbons (Fsp3) is 0.429. The molecule has 1 spiro atoms. The van der Waals surface area contributed by atoms with Crippen LogP contribution in [0, 0.1) is 6.92 Å². The van der Waals surface area contributed by atoms with Crippen molar-refractivity contribution in [1.29, 1.82) is 0 Å². The predicted molar refractivity (Wildman–Crippen MR) is 70.5 cm³/mol. The molecule has 1 aromatic carbocycles. The van der Waals surface area contributed by atoms with Crippen molar-refractivity contribution in [2.75, 3.05) is 13.1 Å². The van der Waals surface area contributed by atoms with Crippen LogP contribution in [-0.2, 0) is 11.3 Å². The summed E-state index contributed by atoms with van der Waals surface area (Å²) in [5, 5.41) is 5.98. The van der Waals surface area contributed by atoms with E-state index in [2.05, 4.69) is 10.6 Å². The number of carbonyl (C=O) groups is 2. The van der Waals surface area contributed by atoms with Gasteiger partial charge in [0.1, 0.15) is 5.54 Å². The summed E-state index contributed by atoms with van der Waals surface area (Å²) in [7, 11) is 0. The van der Waals surface area contributed by atoms with Crippen LogP contribution in [0.4, 0.5) is 4.79 Å². The highest BCUT2D eigenvalue weighted by molar-refractivity contribution is 6.07. The third-order valence-corrected chi connectivity index (χ3v) is 3.82. The van der Waals surface area contributed by atoms with Crippen LogP contribution in [-0.4, -0.2) is 35.5 Å². The van der Waals surface area contributed by atoms with Crippen LogP contribution < -0.4 is 10.6 Å². The van der Waals surface area contributed by atoms with Gasteiger partial charge in [-0.2, -0.15) is 0 Å². The Labute approximate surface area is 112 Å². The predicted octanol–water partition coefficient (Wildman–Crippen LogP) is 0.779. The first-order chi connectivity index (χ1) is 9.11. The molecule has 1 aromatic rings. The Morgan fingerprint density at radius 2 is 2.21 bits per heavy atom. The highest BCUT2D eigenvalue weighted by Gasteiger charge is 2.52. The molecule has 2 fully saturated rings. The molecule has 3 amide bonds. The van der Waals surface area contributed by atoms with Gasteiger partial charge in [-0.05, 0) is 25.5 Å². The van der Waals surface area contributed by atoms with Crippen molar-refractivity contribution in [2.24, 2.45) is 0 Å². The Kier molecular flexibility index (Phi) is 2.78. The van der Waals surface area contributed by atoms with Crippen molar-refractivity contribution in [3.63, 3.8) is 0 Å². The molecule has 0 radical (unpaired) electrons. The Bertz CT molecular complexity index is 535. The average molecular weight is 259 g/mol. The second-order valence-corrected chi connectivity index (χ2v) is 5.32. The fourth-order valence-electron chi connectivity index (χ4n) is 2.79. The standard InChI is InChI=1S/C14H17N3O2/c1-10-3-2-4-11(7-10)8-17-12(18)14(16-13(17)19)5-6-15-9-14/h2-4,7,15H,5-6,8-9H2,1H3,(H,16,19)/t14-/m1/s1. The number of benzene rings is 1. The molecule has 2 saturated heterocycles. The minimum atomic E-state index is -0.707. The molecule has 5 heteroatoms. The largest absolute Gasteiger partial charge is 0.325 e. The summed E-state index contributed by atoms with van der Waals surface area (Å²) in [5.74, 6) is -0.107. The van der Waals surface area contributed by atoms with E-state index in [-0.39, 0.29) is 11.9 Å². The van der Waals surface area contributed by atoms with E-state index in [1.807, 2.05) is 31.2 Å². The SMILES string of the molecule is Cc1cccc(CN2C(=O)N[C@@]3(CCNC3)C2=O)c1. The lowest BCUT2D eigenvalue weighted by molar-refractivity contribution is -0.131. The minimum Gasteiger partial charge on any atom is -0.322 e. The summed E-state index contributed by atoms with van der Waals surface area (Å²) in [6, 6.07) is 7.59. The third-order valence-electron chi connectivity index (χ3n) is 3.82. The normalized spacial score (nSPS) is 26.3. The number of urea groups is 1. The molecular weight excluding hydrogens is 242 g/mol. The second-order valence-electron chi connectivity index (χ2n) is 5.32. The highest BCUT2D eigenvalue weighted by Crippen LogP contribution is 2.25. The van der Waals surface area contributed by atoms with Gasteiger partial charge in [0.2, 0.25) is 0 Å². The van der Waals surface area contributed by atoms with Crippen LogP contribution in [0.15, 0.2) is 24.3 Å². The summed E-state index contributed by atoms with van der Waals surface area (Å²) >= 11 is 0. The summed E-state index contributed by atoms with van der Waals surface area (Å²) in [6.07, 6.45) is 0.669. The number of nitrogens with one attached hydrogen (secondary N) is 2. The minimum absolute atomic E-state index is 0.107. The number of amides is 3. The molecule has 2 aliphatic rings. The molecule has 100 valence electrons. The quantitative estimate of drug-likeness (QED) is 0.772. The molecule has 0 bridgehead atoms. The zero-order valence-corrected chi connectivity index (χ0v) is 10.9. The van der Waals surface area contributed by atoms with Crippen molar-refractivity contribution < 1.29 is 9.59 Å². The number of rotatable bonds is 2. The van der Waals surface area contributed by atoms with Crippen LogP contribution in [0.5, 0.6) is 0 Å². The van der Waals surface area contributed by atoms with Gasteiger partial charge in [0.15, 0.2) is 0 Å². The van der Waals surface area contributed by atoms with Crippen LogP contribution >= 0.6 is 0 Å². The van der Waals surface area contributed by atoms with Crippen molar-refractivity contribution in [3.8, 4) is 0 Å². The summed E-state index contributed by atoms with van der Waals surface area (Å²) in [4.78, 5) is 25.8. The van der Waals surface area contributed by atoms with Crippen LogP contribution in [0.1, 0.15) is 17.5 Å². The van der Waals surface area contributed by atoms with Crippen LogP contribution in [0.25, 0.3) is 0 Å². The maximum atomic E-state index is 12.4. The molecule has 0 unspecified atom stereocenters. The van der Waals surface area contributed by atoms with E-state index in [1.165, 1.54) is 4.90 Å². The lowest BCUT2D eigenvalue weighted by atomic mass is 9.99. The molecule has 3 rings (SSSR count). The topological polar surface area (TPSA) is 61.4 Å². The van der Waals surface area contributed by atoms with Gasteiger partial charge in [-0.25, -0.2) is 4.79 Å². The van der Waals surface area contributed by atoms with E-state index in [0.29, 0.717) is 19.5 Å². The Hall–Kier alpha value is -1.88. The van der Waals surface area contributed by atoms with Gasteiger partial charge in [0.25, 0.3) is 5.91 Å². The Balaban J connectivity index is 1.82. The van der Waals surface area contributed by atoms with E-state index >= 15 is 0 Å². The molecule has 19 heavy (non-hydrogen) atoms. The lowest BCUT2D eigenvalue weighted by Crippen LogP contribution is -2.48. The maximum absolute atomic E-state index is 12.4. The van der Waals surface area contributed by atoms with E-state index < -0.39 is 5.54 Å². The summed E-state index contributed by atoms with van der Waals surface area (Å²) < 4.78 is 0. The molecule has 2 N–H and O–H groups in total. The number of imide groups is 1. The number of aryl methyl sites for hydroxylation is 1. The van der Waals surface area contributed by atoms with Gasteiger partial charge in [-0.15, -0.1) is 0 Å². The Morgan fingerprint density at radius 1 is 1.37 bits per heavy atom. The zero-order chi connectivity index (χ0) is 13.5. The zero-order valence-electron chi connectivity index (χ0n) is 10.9. The number of carbonyl (C=O) groups excluding carboxylic acids is 2. The van der Waals surface area contributed by atoms with E-state index in [1.54, 1.807) is 0 Å². The molecule has 0 aliphatic carbocycles. The van der Waals surface area contributed by atoms with Gasteiger partial charge in [-0.3, -0.25) is 9.69 Å². The van der Waals surface area contributed by atoms with Crippen molar-refractivity contribution in [2.45, 2.75) is 25.4 Å². The monoisotopic (exact) mass is 259 g/mol. The average Bonchev–Trinajstić information content (AvgIpc) is 2.92. The summed E-state index contributed by atoms with van der Waals surface area (Å²) in [6.45, 7) is 3.64. The molecule has 5 nitrogen and oxygen atoms in total. The molecule has 2 aliphatic heterocycles. The molecule has 1 atom stereocenters. The maximum Gasteiger partial charge on any atom is 0.325 e. The van der Waals surface area contributed by atoms with Gasteiger partial charge in [0.05, 0.1) is 6.54 Å². The van der Waals surface area contributed by atoms with E-state index in [4.69, 9.17) is 0 Å². The number of hydrogen-bond acceptors (Lipinski definition) is 3. The van der Waals surface area contributed by atoms with E-state index in [0.717, 1.165) is 17.7 Å². The molecule has 2 heterocycles. The van der Waals surface area contributed by atoms with Crippen molar-refractivity contribution >= 4 is 11.9 Å². The fourth-order valence-corrected chi connectivity index (χ4v) is 2.79. The first-order valence-corrected chi connectivity index (χ1v) is 6.51. The van der Waals surface area contributed by atoms with Crippen LogP contribution in [0.3, 0.4) is 0 Å². The van der Waals surface area contributed by atoms with E-state index in [9.17, 15) is 9.59 Å². The highest BCUT2D eigenvalue weighted by atomic mass is 16.2.